The van der Waals surface area contributed by atoms with Crippen LogP contribution < -0.4 is 4.90 Å². The number of halogens is 2. The summed E-state index contributed by atoms with van der Waals surface area (Å²) in [5.74, 6) is -0.0653. The summed E-state index contributed by atoms with van der Waals surface area (Å²) in [6, 6.07) is 23.3. The van der Waals surface area contributed by atoms with Gasteiger partial charge in [0.15, 0.2) is 5.13 Å². The van der Waals surface area contributed by atoms with Crippen LogP contribution >= 0.6 is 43.2 Å². The van der Waals surface area contributed by atoms with E-state index in [1.165, 1.54) is 11.3 Å². The Kier molecular flexibility index (Phi) is 5.38. The Morgan fingerprint density at radius 3 is 2.37 bits per heavy atom. The molecule has 0 fully saturated rings. The third-order valence-corrected chi connectivity index (χ3v) is 6.15. The van der Waals surface area contributed by atoms with Crippen LogP contribution in [0.2, 0.25) is 0 Å². The van der Waals surface area contributed by atoms with E-state index in [0.29, 0.717) is 17.2 Å². The molecular formula is C21H14Br2N2OS. The minimum Gasteiger partial charge on any atom is -0.279 e. The lowest BCUT2D eigenvalue weighted by atomic mass is 10.1. The molecule has 0 saturated heterocycles. The summed E-state index contributed by atoms with van der Waals surface area (Å²) in [6.45, 7) is 0.469. The van der Waals surface area contributed by atoms with Gasteiger partial charge in [-0.3, -0.25) is 9.69 Å². The Balaban J connectivity index is 1.76. The topological polar surface area (TPSA) is 33.2 Å². The maximum Gasteiger partial charge on any atom is 0.260 e. The second kappa shape index (κ2) is 7.92. The van der Waals surface area contributed by atoms with Crippen molar-refractivity contribution in [3.05, 3.63) is 92.9 Å². The first kappa shape index (κ1) is 18.3. The molecule has 0 unspecified atom stereocenters. The number of amides is 1. The fourth-order valence-electron chi connectivity index (χ4n) is 2.74. The second-order valence-corrected chi connectivity index (χ2v) is 8.83. The van der Waals surface area contributed by atoms with Gasteiger partial charge in [0.05, 0.1) is 16.8 Å². The van der Waals surface area contributed by atoms with Gasteiger partial charge in [0.2, 0.25) is 0 Å². The van der Waals surface area contributed by atoms with E-state index >= 15 is 0 Å². The molecular weight excluding hydrogens is 488 g/mol. The Labute approximate surface area is 177 Å². The highest BCUT2D eigenvalue weighted by Crippen LogP contribution is 2.32. The quantitative estimate of drug-likeness (QED) is 0.313. The maximum absolute atomic E-state index is 13.3. The molecule has 27 heavy (non-hydrogen) atoms. The average Bonchev–Trinajstić information content (AvgIpc) is 3.10. The highest BCUT2D eigenvalue weighted by molar-refractivity contribution is 9.10. The van der Waals surface area contributed by atoms with Crippen molar-refractivity contribution in [3.8, 4) is 0 Å². The van der Waals surface area contributed by atoms with Gasteiger partial charge in [-0.15, -0.1) is 0 Å². The average molecular weight is 502 g/mol. The van der Waals surface area contributed by atoms with Crippen LogP contribution in [0.1, 0.15) is 15.9 Å². The minimum atomic E-state index is -0.0653. The molecule has 4 aromatic rings. The molecule has 134 valence electrons. The number of carbonyl (C=O) groups is 1. The summed E-state index contributed by atoms with van der Waals surface area (Å²) in [5, 5.41) is 0.694. The fraction of sp³-hybridized carbons (Fsp3) is 0.0476. The van der Waals surface area contributed by atoms with E-state index in [0.717, 1.165) is 24.7 Å². The molecule has 0 N–H and O–H groups in total. The van der Waals surface area contributed by atoms with E-state index in [1.807, 2.05) is 72.8 Å². The molecule has 1 heterocycles. The Hall–Kier alpha value is -2.02. The van der Waals surface area contributed by atoms with E-state index in [2.05, 4.69) is 31.9 Å². The molecule has 0 aliphatic rings. The van der Waals surface area contributed by atoms with Crippen LogP contribution in [0, 0.1) is 0 Å². The van der Waals surface area contributed by atoms with Gasteiger partial charge in [-0.2, -0.15) is 0 Å². The molecule has 0 radical (unpaired) electrons. The van der Waals surface area contributed by atoms with E-state index in [1.54, 1.807) is 4.90 Å². The van der Waals surface area contributed by atoms with Crippen molar-refractivity contribution < 1.29 is 4.79 Å². The largest absolute Gasteiger partial charge is 0.279 e. The number of aromatic nitrogens is 1. The number of nitrogens with zero attached hydrogens (tertiary/aromatic N) is 2. The number of benzene rings is 3. The predicted octanol–water partition coefficient (Wildman–Crippen LogP) is 6.67. The van der Waals surface area contributed by atoms with Crippen LogP contribution in [0.15, 0.2) is 81.7 Å². The van der Waals surface area contributed by atoms with E-state index in [9.17, 15) is 4.79 Å². The SMILES string of the molecule is O=C(c1ccc(Br)cc1)N(Cc1ccccc1)c1nc2ccc(Br)cc2s1. The van der Waals surface area contributed by atoms with Crippen LogP contribution in [0.3, 0.4) is 0 Å². The summed E-state index contributed by atoms with van der Waals surface area (Å²) in [4.78, 5) is 19.7. The van der Waals surface area contributed by atoms with Crippen LogP contribution in [-0.4, -0.2) is 10.9 Å². The van der Waals surface area contributed by atoms with Crippen molar-refractivity contribution in [3.63, 3.8) is 0 Å². The van der Waals surface area contributed by atoms with Gasteiger partial charge in [-0.25, -0.2) is 4.98 Å². The van der Waals surface area contributed by atoms with E-state index in [4.69, 9.17) is 4.98 Å². The maximum atomic E-state index is 13.3. The van der Waals surface area contributed by atoms with Gasteiger partial charge in [-0.05, 0) is 48.0 Å². The molecule has 3 nitrogen and oxygen atoms in total. The number of carbonyl (C=O) groups excluding carboxylic acids is 1. The standard InChI is InChI=1S/C21H14Br2N2OS/c22-16-8-6-15(7-9-16)20(26)25(13-14-4-2-1-3-5-14)21-24-18-11-10-17(23)12-19(18)27-21/h1-12H,13H2. The smallest absolute Gasteiger partial charge is 0.260 e. The Bertz CT molecular complexity index is 1090. The molecule has 0 atom stereocenters. The van der Waals surface area contributed by atoms with Gasteiger partial charge in [0, 0.05) is 14.5 Å². The molecule has 0 bridgehead atoms. The molecule has 6 heteroatoms. The zero-order valence-electron chi connectivity index (χ0n) is 14.1. The first-order chi connectivity index (χ1) is 13.1. The third-order valence-electron chi connectivity index (χ3n) is 4.09. The van der Waals surface area contributed by atoms with Crippen molar-refractivity contribution >= 4 is 64.5 Å². The molecule has 1 aromatic heterocycles. The lowest BCUT2D eigenvalue weighted by Crippen LogP contribution is -2.30. The number of hydrogen-bond acceptors (Lipinski definition) is 3. The number of fused-ring (bicyclic) bond motifs is 1. The first-order valence-corrected chi connectivity index (χ1v) is 10.7. The highest BCUT2D eigenvalue weighted by atomic mass is 79.9. The van der Waals surface area contributed by atoms with Crippen molar-refractivity contribution in [1.29, 1.82) is 0 Å². The number of anilines is 1. The van der Waals surface area contributed by atoms with Crippen molar-refractivity contribution in [1.82, 2.24) is 4.98 Å². The van der Waals surface area contributed by atoms with Gasteiger partial charge in [0.1, 0.15) is 0 Å². The van der Waals surface area contributed by atoms with Crippen LogP contribution in [-0.2, 0) is 6.54 Å². The molecule has 0 aliphatic heterocycles. The molecule has 1 amide bonds. The first-order valence-electron chi connectivity index (χ1n) is 8.27. The van der Waals surface area contributed by atoms with Gasteiger partial charge >= 0.3 is 0 Å². The molecule has 0 saturated carbocycles. The number of rotatable bonds is 4. The fourth-order valence-corrected chi connectivity index (χ4v) is 4.52. The van der Waals surface area contributed by atoms with Gasteiger partial charge in [-0.1, -0.05) is 73.5 Å². The summed E-state index contributed by atoms with van der Waals surface area (Å²) >= 11 is 8.44. The van der Waals surface area contributed by atoms with E-state index < -0.39 is 0 Å². The second-order valence-electron chi connectivity index (χ2n) is 5.99. The number of thiazole rings is 1. The Morgan fingerprint density at radius 1 is 0.926 bits per heavy atom. The third kappa shape index (κ3) is 4.13. The van der Waals surface area contributed by atoms with E-state index in [-0.39, 0.29) is 5.91 Å². The van der Waals surface area contributed by atoms with Crippen LogP contribution in [0.25, 0.3) is 10.2 Å². The van der Waals surface area contributed by atoms with Crippen molar-refractivity contribution in [2.75, 3.05) is 4.90 Å². The summed E-state index contributed by atoms with van der Waals surface area (Å²) in [5.41, 5.74) is 2.58. The monoisotopic (exact) mass is 500 g/mol. The van der Waals surface area contributed by atoms with Crippen molar-refractivity contribution in [2.45, 2.75) is 6.54 Å². The predicted molar refractivity (Wildman–Crippen MR) is 118 cm³/mol. The summed E-state index contributed by atoms with van der Waals surface area (Å²) in [6.07, 6.45) is 0. The molecule has 0 spiro atoms. The Morgan fingerprint density at radius 2 is 1.63 bits per heavy atom. The van der Waals surface area contributed by atoms with Gasteiger partial charge in [0.25, 0.3) is 5.91 Å². The zero-order valence-corrected chi connectivity index (χ0v) is 18.1. The lowest BCUT2D eigenvalue weighted by molar-refractivity contribution is 0.0985. The molecule has 3 aromatic carbocycles. The zero-order chi connectivity index (χ0) is 18.8. The lowest BCUT2D eigenvalue weighted by Gasteiger charge is -2.20. The summed E-state index contributed by atoms with van der Waals surface area (Å²) in [7, 11) is 0. The molecule has 0 aliphatic carbocycles. The van der Waals surface area contributed by atoms with Crippen LogP contribution in [0.4, 0.5) is 5.13 Å². The highest BCUT2D eigenvalue weighted by Gasteiger charge is 2.21. The van der Waals surface area contributed by atoms with Gasteiger partial charge < -0.3 is 0 Å². The molecule has 4 rings (SSSR count). The number of hydrogen-bond donors (Lipinski definition) is 0. The minimum absolute atomic E-state index is 0.0653. The van der Waals surface area contributed by atoms with Crippen LogP contribution in [0.5, 0.6) is 0 Å². The summed E-state index contributed by atoms with van der Waals surface area (Å²) < 4.78 is 2.98. The normalized spacial score (nSPS) is 10.9. The van der Waals surface area contributed by atoms with Crippen molar-refractivity contribution in [2.24, 2.45) is 0 Å².